The first-order valence-electron chi connectivity index (χ1n) is 25.7. The monoisotopic (exact) mass is 1030 g/mol. The van der Waals surface area contributed by atoms with Crippen molar-refractivity contribution >= 4 is 64.7 Å². The van der Waals surface area contributed by atoms with E-state index in [2.05, 4.69) is 46.6 Å². The highest BCUT2D eigenvalue weighted by molar-refractivity contribution is 8.00. The van der Waals surface area contributed by atoms with Crippen molar-refractivity contribution in [2.45, 2.75) is 150 Å². The molecule has 0 bridgehead atoms. The fourth-order valence-electron chi connectivity index (χ4n) is 9.15. The molecule has 1 aromatic rings. The van der Waals surface area contributed by atoms with Crippen LogP contribution in [0.4, 0.5) is 0 Å². The van der Waals surface area contributed by atoms with E-state index in [9.17, 15) is 24.0 Å². The number of Topliss-reactive ketones (excluding diaryl/α,β-unsaturated/α-hetero) is 2. The van der Waals surface area contributed by atoms with Gasteiger partial charge < -0.3 is 52.3 Å². The largest absolute Gasteiger partial charge is 0.379 e. The number of benzene rings is 1. The Balaban J connectivity index is 0.956. The van der Waals surface area contributed by atoms with Gasteiger partial charge in [-0.05, 0) is 80.2 Å². The number of ketones is 2. The normalized spacial score (nSPS) is 20.7. The SMILES string of the molecule is [N-]=[N+]=NCCOCCOCCOCCNC(=O)c1cc(CC(=O)CCCCCNC(=O)CCCCC2SCC3NC(N)=NC32)cc(CC(=O)CCCCCNC(=O)CCCCC2SCC3NC(N)=NC32)c1. The number of guanidine groups is 2. The first kappa shape index (κ1) is 57.3. The third-order valence-electron chi connectivity index (χ3n) is 12.8. The molecule has 1 aromatic carbocycles. The Labute approximate surface area is 427 Å². The quantitative estimate of drug-likeness (QED) is 0.0212. The summed E-state index contributed by atoms with van der Waals surface area (Å²) < 4.78 is 16.3. The number of thioether (sulfide) groups is 2. The van der Waals surface area contributed by atoms with Crippen molar-refractivity contribution in [3.8, 4) is 0 Å². The van der Waals surface area contributed by atoms with Crippen molar-refractivity contribution in [3.63, 3.8) is 0 Å². The molecule has 5 rings (SSSR count). The van der Waals surface area contributed by atoms with Gasteiger partial charge in [-0.25, -0.2) is 9.98 Å². The molecule has 20 nitrogen and oxygen atoms in total. The Bertz CT molecular complexity index is 1870. The van der Waals surface area contributed by atoms with Crippen molar-refractivity contribution in [2.75, 3.05) is 77.3 Å². The molecule has 71 heavy (non-hydrogen) atoms. The molecule has 394 valence electrons. The first-order chi connectivity index (χ1) is 34.6. The molecule has 22 heteroatoms. The molecular weight excluding hydrogens is 949 g/mol. The van der Waals surface area contributed by atoms with Crippen LogP contribution in [0.5, 0.6) is 0 Å². The maximum atomic E-state index is 13.3. The molecule has 4 aliphatic heterocycles. The zero-order chi connectivity index (χ0) is 50.5. The number of amides is 3. The zero-order valence-electron chi connectivity index (χ0n) is 41.4. The molecule has 2 saturated heterocycles. The number of carbonyl (C=O) groups is 5. The van der Waals surface area contributed by atoms with Crippen molar-refractivity contribution in [1.82, 2.24) is 26.6 Å². The third-order valence-corrected chi connectivity index (χ3v) is 15.8. The lowest BCUT2D eigenvalue weighted by Crippen LogP contribution is -2.38. The van der Waals surface area contributed by atoms with Crippen molar-refractivity contribution in [2.24, 2.45) is 26.6 Å². The predicted octanol–water partition coefficient (Wildman–Crippen LogP) is 4.01. The number of fused-ring (bicyclic) bond motifs is 2. The van der Waals surface area contributed by atoms with Crippen LogP contribution in [0, 0.1) is 0 Å². The van der Waals surface area contributed by atoms with Gasteiger partial charge in [-0.15, -0.1) is 0 Å². The molecular formula is C49H78N12O8S2. The van der Waals surface area contributed by atoms with Crippen molar-refractivity contribution < 1.29 is 38.2 Å². The van der Waals surface area contributed by atoms with Gasteiger partial charge >= 0.3 is 0 Å². The van der Waals surface area contributed by atoms with E-state index >= 15 is 0 Å². The highest BCUT2D eigenvalue weighted by atomic mass is 32.2. The number of nitrogens with zero attached hydrogens (tertiary/aromatic N) is 5. The molecule has 2 fully saturated rings. The van der Waals surface area contributed by atoms with Crippen LogP contribution in [0.1, 0.15) is 124 Å². The van der Waals surface area contributed by atoms with E-state index < -0.39 is 0 Å². The smallest absolute Gasteiger partial charge is 0.251 e. The van der Waals surface area contributed by atoms with Crippen LogP contribution in [0.2, 0.25) is 0 Å². The summed E-state index contributed by atoms with van der Waals surface area (Å²) in [6.07, 6.45) is 12.3. The van der Waals surface area contributed by atoms with E-state index in [4.69, 9.17) is 31.2 Å². The van der Waals surface area contributed by atoms with E-state index in [1.807, 2.05) is 29.6 Å². The van der Waals surface area contributed by atoms with Gasteiger partial charge in [-0.1, -0.05) is 36.9 Å². The van der Waals surface area contributed by atoms with Gasteiger partial charge in [0.05, 0.1) is 63.8 Å². The van der Waals surface area contributed by atoms with Crippen LogP contribution in [0.3, 0.4) is 0 Å². The maximum Gasteiger partial charge on any atom is 0.251 e. The Kier molecular flexibility index (Phi) is 26.8. The first-order valence-corrected chi connectivity index (χ1v) is 27.8. The summed E-state index contributed by atoms with van der Waals surface area (Å²) in [5, 5.41) is 19.7. The Morgan fingerprint density at radius 3 is 1.61 bits per heavy atom. The van der Waals surface area contributed by atoms with Gasteiger partial charge in [-0.3, -0.25) is 24.0 Å². The number of hydrogen-bond acceptors (Lipinski definition) is 17. The summed E-state index contributed by atoms with van der Waals surface area (Å²) in [6.45, 7) is 3.72. The van der Waals surface area contributed by atoms with E-state index in [-0.39, 0.29) is 73.9 Å². The number of ether oxygens (including phenoxy) is 3. The average molecular weight is 1030 g/mol. The van der Waals surface area contributed by atoms with Gasteiger partial charge in [0.25, 0.3) is 5.91 Å². The lowest BCUT2D eigenvalue weighted by molar-refractivity contribution is -0.122. The summed E-state index contributed by atoms with van der Waals surface area (Å²) in [5.41, 5.74) is 21.7. The Hall–Kier alpha value is -4.60. The fraction of sp³-hybridized carbons (Fsp3) is 0.735. The molecule has 4 aliphatic rings. The van der Waals surface area contributed by atoms with E-state index in [1.165, 1.54) is 0 Å². The van der Waals surface area contributed by atoms with Gasteiger partial charge in [0.1, 0.15) is 11.6 Å². The van der Waals surface area contributed by atoms with E-state index in [1.54, 1.807) is 12.1 Å². The molecule has 9 N–H and O–H groups in total. The minimum atomic E-state index is -0.323. The molecule has 0 spiro atoms. The average Bonchev–Trinajstić information content (AvgIpc) is 4.12. The topological polar surface area (TPSA) is 299 Å². The van der Waals surface area contributed by atoms with Crippen LogP contribution in [-0.4, -0.2) is 153 Å². The second kappa shape index (κ2) is 33.2. The van der Waals surface area contributed by atoms with Gasteiger partial charge in [0, 0.05) is 97.2 Å². The lowest BCUT2D eigenvalue weighted by atomic mass is 9.96. The highest BCUT2D eigenvalue weighted by Gasteiger charge is 2.41. The minimum Gasteiger partial charge on any atom is -0.379 e. The van der Waals surface area contributed by atoms with Crippen LogP contribution >= 0.6 is 23.5 Å². The number of rotatable bonds is 39. The molecule has 0 radical (unpaired) electrons. The highest BCUT2D eigenvalue weighted by Crippen LogP contribution is 2.36. The van der Waals surface area contributed by atoms with E-state index in [0.717, 1.165) is 75.7 Å². The summed E-state index contributed by atoms with van der Waals surface area (Å²) in [7, 11) is 0. The number of aliphatic imine (C=N–C) groups is 2. The molecule has 6 unspecified atom stereocenters. The molecule has 0 aliphatic carbocycles. The van der Waals surface area contributed by atoms with Crippen LogP contribution in [-0.2, 0) is 46.2 Å². The maximum absolute atomic E-state index is 13.3. The molecule has 4 heterocycles. The van der Waals surface area contributed by atoms with Crippen molar-refractivity contribution in [1.29, 1.82) is 0 Å². The van der Waals surface area contributed by atoms with E-state index in [0.29, 0.717) is 136 Å². The van der Waals surface area contributed by atoms with Crippen LogP contribution in [0.15, 0.2) is 33.3 Å². The number of hydrogen-bond donors (Lipinski definition) is 7. The summed E-state index contributed by atoms with van der Waals surface area (Å²) in [5.74, 6) is 2.98. The Morgan fingerprint density at radius 2 is 1.10 bits per heavy atom. The lowest BCUT2D eigenvalue weighted by Gasteiger charge is -2.14. The number of carbonyl (C=O) groups excluding carboxylic acids is 5. The molecule has 3 amide bonds. The van der Waals surface area contributed by atoms with Gasteiger partial charge in [-0.2, -0.15) is 23.5 Å². The summed E-state index contributed by atoms with van der Waals surface area (Å²) >= 11 is 3.87. The second-order valence-electron chi connectivity index (χ2n) is 18.6. The number of unbranched alkanes of at least 4 members (excludes halogenated alkanes) is 6. The summed E-state index contributed by atoms with van der Waals surface area (Å²) in [6, 6.07) is 6.45. The number of nitrogens with two attached hydrogens (primary N) is 2. The van der Waals surface area contributed by atoms with Gasteiger partial charge in [0.15, 0.2) is 11.9 Å². The standard InChI is InChI=1S/C49H78N12O8S2/c50-48-57-39-32-70-41(45(39)59-48)13-5-7-15-43(64)53-17-9-1-3-11-37(62)30-34-27-35(29-36(28-34)47(66)55-19-21-67-23-25-69-26-24-68-22-20-56-61-52)31-38(63)12-4-2-10-18-54-44(65)16-8-6-14-42-46-40(33-71-42)58-49(51)60-46/h27-29,39-42,45-46H,1-26,30-33H2,(H,53,64)(H,54,65)(H,55,66)(H3,50,57,59)(H3,51,58,60). The third kappa shape index (κ3) is 22.4. The Morgan fingerprint density at radius 1 is 0.620 bits per heavy atom. The number of nitrogens with one attached hydrogen (secondary N) is 5. The fourth-order valence-corrected chi connectivity index (χ4v) is 12.2. The van der Waals surface area contributed by atoms with Gasteiger partial charge in [0.2, 0.25) is 11.8 Å². The minimum absolute atomic E-state index is 0.0453. The van der Waals surface area contributed by atoms with Crippen LogP contribution in [0.25, 0.3) is 10.4 Å². The molecule has 0 aromatic heterocycles. The molecule has 6 atom stereocenters. The van der Waals surface area contributed by atoms with Crippen molar-refractivity contribution in [3.05, 3.63) is 45.3 Å². The molecule has 0 saturated carbocycles. The number of azide groups is 1. The summed E-state index contributed by atoms with van der Waals surface area (Å²) in [4.78, 5) is 76.3. The zero-order valence-corrected chi connectivity index (χ0v) is 43.0. The van der Waals surface area contributed by atoms with Crippen LogP contribution < -0.4 is 38.1 Å². The second-order valence-corrected chi connectivity index (χ2v) is 21.1. The predicted molar refractivity (Wildman–Crippen MR) is 280 cm³/mol.